The zero-order valence-corrected chi connectivity index (χ0v) is 33.9. The number of ketones is 1. The topological polar surface area (TPSA) is 231 Å². The molecule has 1 aromatic carbocycles. The fourth-order valence-electron chi connectivity index (χ4n) is 9.26. The van der Waals surface area contributed by atoms with Crippen molar-refractivity contribution in [1.29, 1.82) is 0 Å². The Morgan fingerprint density at radius 3 is 2.22 bits per heavy atom. The van der Waals surface area contributed by atoms with Crippen molar-refractivity contribution in [1.82, 2.24) is 5.32 Å². The molecule has 316 valence electrons. The molecule has 9 unspecified atom stereocenters. The lowest BCUT2D eigenvalue weighted by atomic mass is 9.44. The van der Waals surface area contributed by atoms with Crippen molar-refractivity contribution in [3.8, 4) is 0 Å². The van der Waals surface area contributed by atoms with Gasteiger partial charge in [-0.2, -0.15) is 0 Å². The minimum atomic E-state index is -2.39. The van der Waals surface area contributed by atoms with Crippen LogP contribution in [0.15, 0.2) is 65.8 Å². The number of amides is 1. The van der Waals surface area contributed by atoms with Gasteiger partial charge in [0.15, 0.2) is 23.6 Å². The molecule has 2 bridgehead atoms. The smallest absolute Gasteiger partial charge is 0.408 e. The summed E-state index contributed by atoms with van der Waals surface area (Å²) in [4.78, 5) is 81.7. The number of rotatable bonds is 11. The molecular formula is C42H53NO15. The Labute approximate surface area is 336 Å². The van der Waals surface area contributed by atoms with Crippen LogP contribution in [0.5, 0.6) is 0 Å². The van der Waals surface area contributed by atoms with Crippen LogP contribution in [0.1, 0.15) is 78.6 Å². The Balaban J connectivity index is 1.74. The average molecular weight is 812 g/mol. The maximum Gasteiger partial charge on any atom is 0.408 e. The summed E-state index contributed by atoms with van der Waals surface area (Å²) in [6.45, 7) is 14.6. The van der Waals surface area contributed by atoms with Crippen molar-refractivity contribution < 1.29 is 72.5 Å². The van der Waals surface area contributed by atoms with Gasteiger partial charge >= 0.3 is 30.0 Å². The predicted molar refractivity (Wildman–Crippen MR) is 202 cm³/mol. The molecule has 4 aliphatic rings. The van der Waals surface area contributed by atoms with E-state index in [1.54, 1.807) is 45.9 Å². The fraction of sp³-hybridized carbons (Fsp3) is 0.571. The van der Waals surface area contributed by atoms with Gasteiger partial charge in [-0.3, -0.25) is 14.4 Å². The number of carbonyl (C=O) groups is 6. The van der Waals surface area contributed by atoms with Crippen LogP contribution in [0.2, 0.25) is 0 Å². The molecule has 1 aromatic rings. The summed E-state index contributed by atoms with van der Waals surface area (Å²) in [5, 5.41) is 39.3. The van der Waals surface area contributed by atoms with Gasteiger partial charge in [0.1, 0.15) is 30.5 Å². The van der Waals surface area contributed by atoms with E-state index in [1.807, 2.05) is 0 Å². The largest absolute Gasteiger partial charge is 0.456 e. The molecule has 4 N–H and O–H groups in total. The standard InChI is InChI=1S/C42H53NO15/c1-10-16-53-38(51)43-26(17-21(2)3)31(47)37(50)56-27-19-42(52)35(57-36(49)25-14-12-11-13-15-25)33-40(9,28(46)18-29-41(33,20-54-29)58-24(6)45)34(48)32(55-23(5)44)30(22(27)4)39(42,7)8/h10-15,17,26-29,31-33,35,46-47,52H,1,16,18-20H2,2-9H3,(H,43,51)/t26?,27?,28?,29?,31?,32?,33?,35?,40-,41+,42?/m1/s1. The lowest BCUT2D eigenvalue weighted by Gasteiger charge is -2.67. The highest BCUT2D eigenvalue weighted by Crippen LogP contribution is 2.64. The molecular weight excluding hydrogens is 758 g/mol. The Hall–Kier alpha value is -4.90. The van der Waals surface area contributed by atoms with Crippen LogP contribution in [0.25, 0.3) is 0 Å². The highest BCUT2D eigenvalue weighted by atomic mass is 16.6. The normalized spacial score (nSPS) is 33.1. The minimum Gasteiger partial charge on any atom is -0.456 e. The van der Waals surface area contributed by atoms with Gasteiger partial charge in [0, 0.05) is 32.1 Å². The second-order valence-electron chi connectivity index (χ2n) is 16.4. The number of carbonyl (C=O) groups excluding carboxylic acids is 6. The number of alkyl carbamates (subject to hydrolysis) is 1. The minimum absolute atomic E-state index is 0.0122. The first-order chi connectivity index (χ1) is 27.1. The third-order valence-electron chi connectivity index (χ3n) is 12.2. The molecule has 1 aliphatic heterocycles. The molecule has 3 fully saturated rings. The van der Waals surface area contributed by atoms with Crippen molar-refractivity contribution in [3.63, 3.8) is 0 Å². The number of hydrogen-bond acceptors (Lipinski definition) is 15. The molecule has 1 amide bonds. The summed E-state index contributed by atoms with van der Waals surface area (Å²) in [5.74, 6) is -6.30. The van der Waals surface area contributed by atoms with Crippen LogP contribution >= 0.6 is 0 Å². The van der Waals surface area contributed by atoms with Gasteiger partial charge in [0.2, 0.25) is 0 Å². The summed E-state index contributed by atoms with van der Waals surface area (Å²) in [6.07, 6.45) is -8.74. The summed E-state index contributed by atoms with van der Waals surface area (Å²) < 4.78 is 34.9. The van der Waals surface area contributed by atoms with E-state index in [0.29, 0.717) is 5.57 Å². The van der Waals surface area contributed by atoms with Gasteiger partial charge in [-0.05, 0) is 51.0 Å². The number of nitrogens with one attached hydrogen (secondary N) is 1. The van der Waals surface area contributed by atoms with Crippen LogP contribution in [0, 0.1) is 16.7 Å². The van der Waals surface area contributed by atoms with Crippen molar-refractivity contribution in [2.75, 3.05) is 13.2 Å². The number of fused-ring (bicyclic) bond motifs is 5. The molecule has 11 atom stereocenters. The first kappa shape index (κ1) is 44.2. The maximum absolute atomic E-state index is 15.4. The van der Waals surface area contributed by atoms with Crippen LogP contribution in [0.3, 0.4) is 0 Å². The van der Waals surface area contributed by atoms with Crippen LogP contribution < -0.4 is 5.32 Å². The molecule has 16 nitrogen and oxygen atoms in total. The number of ether oxygens (including phenoxy) is 6. The quantitative estimate of drug-likeness (QED) is 0.143. The van der Waals surface area contributed by atoms with Gasteiger partial charge in [0.25, 0.3) is 0 Å². The van der Waals surface area contributed by atoms with Gasteiger partial charge in [0.05, 0.1) is 35.6 Å². The molecule has 0 spiro atoms. The summed E-state index contributed by atoms with van der Waals surface area (Å²) in [5.41, 5.74) is -7.04. The second-order valence-corrected chi connectivity index (χ2v) is 16.4. The first-order valence-corrected chi connectivity index (χ1v) is 19.0. The molecule has 16 heteroatoms. The molecule has 1 saturated heterocycles. The summed E-state index contributed by atoms with van der Waals surface area (Å²) in [7, 11) is 0. The zero-order chi connectivity index (χ0) is 43.1. The third kappa shape index (κ3) is 7.58. The van der Waals surface area contributed by atoms with Crippen LogP contribution in [0.4, 0.5) is 4.79 Å². The Morgan fingerprint density at radius 1 is 1.02 bits per heavy atom. The number of hydrogen-bond donors (Lipinski definition) is 4. The number of allylic oxidation sites excluding steroid dienone is 1. The lowest BCUT2D eigenvalue weighted by molar-refractivity contribution is -0.346. The average Bonchev–Trinajstić information content (AvgIpc) is 3.14. The monoisotopic (exact) mass is 811 g/mol. The predicted octanol–water partition coefficient (Wildman–Crippen LogP) is 2.81. The van der Waals surface area contributed by atoms with Crippen molar-refractivity contribution in [3.05, 3.63) is 71.3 Å². The van der Waals surface area contributed by atoms with E-state index in [0.717, 1.165) is 13.8 Å². The molecule has 0 aromatic heterocycles. The van der Waals surface area contributed by atoms with Crippen LogP contribution in [-0.2, 0) is 47.6 Å². The molecule has 3 aliphatic carbocycles. The maximum atomic E-state index is 15.4. The highest BCUT2D eigenvalue weighted by molar-refractivity contribution is 5.95. The van der Waals surface area contributed by atoms with E-state index < -0.39 is 113 Å². The first-order valence-electron chi connectivity index (χ1n) is 19.0. The third-order valence-corrected chi connectivity index (χ3v) is 12.2. The molecule has 58 heavy (non-hydrogen) atoms. The SMILES string of the molecule is C=CCOC(=O)NC(C=C(C)C)C(O)C(=O)OC1CC2(O)C(OC(=O)c3ccccc3)C3[C@]4(OC(C)=O)COC4CC(O)[C@@]3(C)C(=O)C(OC(C)=O)C(=C1C)C2(C)C. The number of benzene rings is 1. The van der Waals surface area contributed by atoms with E-state index in [9.17, 15) is 39.3 Å². The second kappa shape index (κ2) is 16.4. The van der Waals surface area contributed by atoms with Gasteiger partial charge in [-0.1, -0.05) is 56.4 Å². The van der Waals surface area contributed by atoms with E-state index in [4.69, 9.17) is 28.4 Å². The van der Waals surface area contributed by atoms with E-state index >= 15 is 4.79 Å². The van der Waals surface area contributed by atoms with Crippen molar-refractivity contribution in [2.45, 2.75) is 122 Å². The summed E-state index contributed by atoms with van der Waals surface area (Å²) in [6, 6.07) is 6.45. The lowest BCUT2D eigenvalue weighted by Crippen LogP contribution is -2.82. The Kier molecular flexibility index (Phi) is 12.5. The molecule has 0 radical (unpaired) electrons. The van der Waals surface area contributed by atoms with Gasteiger partial charge < -0.3 is 49.1 Å². The van der Waals surface area contributed by atoms with Gasteiger partial charge in [-0.25, -0.2) is 14.4 Å². The molecule has 5 rings (SSSR count). The number of esters is 4. The van der Waals surface area contributed by atoms with E-state index in [-0.39, 0.29) is 36.3 Å². The van der Waals surface area contributed by atoms with Crippen molar-refractivity contribution >= 4 is 35.8 Å². The number of aliphatic hydroxyl groups excluding tert-OH is 2. The van der Waals surface area contributed by atoms with Crippen LogP contribution in [-0.4, -0.2) is 118 Å². The van der Waals surface area contributed by atoms with Gasteiger partial charge in [-0.15, -0.1) is 0 Å². The summed E-state index contributed by atoms with van der Waals surface area (Å²) >= 11 is 0. The van der Waals surface area contributed by atoms with E-state index in [2.05, 4.69) is 11.9 Å². The van der Waals surface area contributed by atoms with E-state index in [1.165, 1.54) is 38.1 Å². The fourth-order valence-corrected chi connectivity index (χ4v) is 9.26. The highest BCUT2D eigenvalue weighted by Gasteiger charge is 2.78. The Bertz CT molecular complexity index is 1900. The van der Waals surface area contributed by atoms with Crippen molar-refractivity contribution in [2.24, 2.45) is 16.7 Å². The molecule has 2 saturated carbocycles. The number of Topliss-reactive ketones (excluding diaryl/α,β-unsaturated/α-hetero) is 1. The Morgan fingerprint density at radius 2 is 1.67 bits per heavy atom. The number of aliphatic hydroxyl groups is 3. The molecule has 1 heterocycles. The zero-order valence-electron chi connectivity index (χ0n) is 33.9.